The smallest absolute Gasteiger partial charge is 0.255 e. The minimum absolute atomic E-state index is 0.00590. The van der Waals surface area contributed by atoms with Crippen molar-refractivity contribution in [3.63, 3.8) is 0 Å². The zero-order valence-electron chi connectivity index (χ0n) is 18.9. The topological polar surface area (TPSA) is 76.7 Å². The first-order valence-corrected chi connectivity index (χ1v) is 11.1. The molecule has 3 aromatic carbocycles. The second kappa shape index (κ2) is 9.77. The Labute approximate surface area is 193 Å². The average molecular weight is 445 g/mol. The van der Waals surface area contributed by atoms with Crippen LogP contribution in [0.3, 0.4) is 0 Å². The Balaban J connectivity index is 1.46. The van der Waals surface area contributed by atoms with Gasteiger partial charge >= 0.3 is 0 Å². The van der Waals surface area contributed by atoms with Gasteiger partial charge in [0.1, 0.15) is 11.5 Å². The highest BCUT2D eigenvalue weighted by molar-refractivity contribution is 6.05. The average Bonchev–Trinajstić information content (AvgIpc) is 3.37. The molecule has 6 heteroatoms. The first-order chi connectivity index (χ1) is 16.1. The SMILES string of the molecule is COc1ccc(NC(=O)c2ccc(NC(=O)C3(c4ccccc4)CCCC3)cc2)c(OC)c1. The Morgan fingerprint density at radius 2 is 1.52 bits per heavy atom. The van der Waals surface area contributed by atoms with Crippen LogP contribution in [0.15, 0.2) is 72.8 Å². The summed E-state index contributed by atoms with van der Waals surface area (Å²) in [5.74, 6) is 0.883. The van der Waals surface area contributed by atoms with Crippen molar-refractivity contribution in [1.82, 2.24) is 0 Å². The van der Waals surface area contributed by atoms with E-state index >= 15 is 0 Å². The molecule has 3 aromatic rings. The number of hydrogen-bond donors (Lipinski definition) is 2. The fourth-order valence-electron chi connectivity index (χ4n) is 4.43. The molecule has 0 unspecified atom stereocenters. The van der Waals surface area contributed by atoms with E-state index in [1.54, 1.807) is 49.6 Å². The summed E-state index contributed by atoms with van der Waals surface area (Å²) >= 11 is 0. The summed E-state index contributed by atoms with van der Waals surface area (Å²) in [6.07, 6.45) is 3.76. The Hall–Kier alpha value is -3.80. The second-order valence-electron chi connectivity index (χ2n) is 8.21. The van der Waals surface area contributed by atoms with Gasteiger partial charge in [0, 0.05) is 17.3 Å². The van der Waals surface area contributed by atoms with Crippen LogP contribution in [0.4, 0.5) is 11.4 Å². The monoisotopic (exact) mass is 444 g/mol. The maximum Gasteiger partial charge on any atom is 0.255 e. The Kier molecular flexibility index (Phi) is 6.63. The molecule has 0 aliphatic heterocycles. The molecule has 0 heterocycles. The lowest BCUT2D eigenvalue weighted by Gasteiger charge is -2.28. The highest BCUT2D eigenvalue weighted by Gasteiger charge is 2.42. The van der Waals surface area contributed by atoms with Gasteiger partial charge in [-0.15, -0.1) is 0 Å². The lowest BCUT2D eigenvalue weighted by Crippen LogP contribution is -2.37. The molecular formula is C27H28N2O4. The minimum atomic E-state index is -0.498. The minimum Gasteiger partial charge on any atom is -0.497 e. The van der Waals surface area contributed by atoms with E-state index < -0.39 is 5.41 Å². The largest absolute Gasteiger partial charge is 0.497 e. The molecular weight excluding hydrogens is 416 g/mol. The number of carbonyl (C=O) groups is 2. The number of benzene rings is 3. The van der Waals surface area contributed by atoms with Crippen molar-refractivity contribution in [2.45, 2.75) is 31.1 Å². The Morgan fingerprint density at radius 3 is 2.15 bits per heavy atom. The summed E-state index contributed by atoms with van der Waals surface area (Å²) in [5.41, 5.74) is 2.25. The standard InChI is InChI=1S/C27H28N2O4/c1-32-22-14-15-23(24(18-22)33-2)29-25(30)19-10-12-21(13-11-19)28-26(31)27(16-6-7-17-27)20-8-4-3-5-9-20/h3-5,8-15,18H,6-7,16-17H2,1-2H3,(H,28,31)(H,29,30). The van der Waals surface area contributed by atoms with Gasteiger partial charge in [-0.1, -0.05) is 43.2 Å². The number of anilines is 2. The van der Waals surface area contributed by atoms with E-state index in [4.69, 9.17) is 9.47 Å². The van der Waals surface area contributed by atoms with Gasteiger partial charge in [-0.25, -0.2) is 0 Å². The third-order valence-corrected chi connectivity index (χ3v) is 6.28. The molecule has 1 aliphatic carbocycles. The van der Waals surface area contributed by atoms with Crippen molar-refractivity contribution >= 4 is 23.2 Å². The molecule has 1 fully saturated rings. The Bertz CT molecular complexity index is 1120. The van der Waals surface area contributed by atoms with E-state index in [1.807, 2.05) is 30.3 Å². The molecule has 0 bridgehead atoms. The first kappa shape index (κ1) is 22.4. The molecule has 4 rings (SSSR count). The predicted octanol–water partition coefficient (Wildman–Crippen LogP) is 5.41. The van der Waals surface area contributed by atoms with Crippen LogP contribution in [-0.2, 0) is 10.2 Å². The number of ether oxygens (including phenoxy) is 2. The molecule has 1 saturated carbocycles. The van der Waals surface area contributed by atoms with Crippen LogP contribution in [0.25, 0.3) is 0 Å². The van der Waals surface area contributed by atoms with Crippen LogP contribution in [0.2, 0.25) is 0 Å². The molecule has 0 spiro atoms. The normalized spacial score (nSPS) is 14.4. The maximum absolute atomic E-state index is 13.3. The third kappa shape index (κ3) is 4.70. The molecule has 6 nitrogen and oxygen atoms in total. The van der Waals surface area contributed by atoms with E-state index in [9.17, 15) is 9.59 Å². The van der Waals surface area contributed by atoms with Crippen LogP contribution in [0, 0.1) is 0 Å². The van der Waals surface area contributed by atoms with E-state index in [0.29, 0.717) is 28.4 Å². The number of methoxy groups -OCH3 is 2. The molecule has 0 aromatic heterocycles. The van der Waals surface area contributed by atoms with Gasteiger partial charge < -0.3 is 20.1 Å². The summed E-state index contributed by atoms with van der Waals surface area (Å²) < 4.78 is 10.5. The molecule has 2 N–H and O–H groups in total. The van der Waals surface area contributed by atoms with Gasteiger partial charge in [-0.2, -0.15) is 0 Å². The number of nitrogens with one attached hydrogen (secondary N) is 2. The Morgan fingerprint density at radius 1 is 0.818 bits per heavy atom. The second-order valence-corrected chi connectivity index (χ2v) is 8.21. The van der Waals surface area contributed by atoms with Crippen molar-refractivity contribution < 1.29 is 19.1 Å². The van der Waals surface area contributed by atoms with Crippen LogP contribution < -0.4 is 20.1 Å². The van der Waals surface area contributed by atoms with Gasteiger partial charge in [0.2, 0.25) is 5.91 Å². The highest BCUT2D eigenvalue weighted by Crippen LogP contribution is 2.42. The molecule has 2 amide bonds. The van der Waals surface area contributed by atoms with E-state index in [1.165, 1.54) is 7.11 Å². The van der Waals surface area contributed by atoms with Crippen LogP contribution in [-0.4, -0.2) is 26.0 Å². The molecule has 1 aliphatic rings. The number of amides is 2. The summed E-state index contributed by atoms with van der Waals surface area (Å²) in [7, 11) is 3.11. The lowest BCUT2D eigenvalue weighted by atomic mass is 9.78. The van der Waals surface area contributed by atoms with Crippen molar-refractivity contribution in [2.75, 3.05) is 24.9 Å². The van der Waals surface area contributed by atoms with E-state index in [0.717, 1.165) is 31.2 Å². The first-order valence-electron chi connectivity index (χ1n) is 11.1. The van der Waals surface area contributed by atoms with Gasteiger partial charge in [-0.3, -0.25) is 9.59 Å². The van der Waals surface area contributed by atoms with E-state index in [2.05, 4.69) is 10.6 Å². The quantitative estimate of drug-likeness (QED) is 0.511. The van der Waals surface area contributed by atoms with Gasteiger partial charge in [0.25, 0.3) is 5.91 Å². The predicted molar refractivity (Wildman–Crippen MR) is 129 cm³/mol. The van der Waals surface area contributed by atoms with Gasteiger partial charge in [-0.05, 0) is 54.8 Å². The maximum atomic E-state index is 13.3. The summed E-state index contributed by atoms with van der Waals surface area (Å²) in [6, 6.07) is 22.1. The number of carbonyl (C=O) groups excluding carboxylic acids is 2. The summed E-state index contributed by atoms with van der Waals surface area (Å²) in [4.78, 5) is 26.0. The van der Waals surface area contributed by atoms with Gasteiger partial charge in [0.05, 0.1) is 25.3 Å². The fraction of sp³-hybridized carbons (Fsp3) is 0.259. The van der Waals surface area contributed by atoms with Crippen molar-refractivity contribution in [3.05, 3.63) is 83.9 Å². The van der Waals surface area contributed by atoms with E-state index in [-0.39, 0.29) is 11.8 Å². The van der Waals surface area contributed by atoms with Crippen LogP contribution in [0.1, 0.15) is 41.6 Å². The fourth-order valence-corrected chi connectivity index (χ4v) is 4.43. The molecule has 0 saturated heterocycles. The third-order valence-electron chi connectivity index (χ3n) is 6.28. The summed E-state index contributed by atoms with van der Waals surface area (Å²) in [6.45, 7) is 0. The number of hydrogen-bond acceptors (Lipinski definition) is 4. The van der Waals surface area contributed by atoms with Crippen molar-refractivity contribution in [1.29, 1.82) is 0 Å². The molecule has 33 heavy (non-hydrogen) atoms. The van der Waals surface area contributed by atoms with Crippen molar-refractivity contribution in [2.24, 2.45) is 0 Å². The zero-order valence-corrected chi connectivity index (χ0v) is 18.9. The highest BCUT2D eigenvalue weighted by atomic mass is 16.5. The van der Waals surface area contributed by atoms with Gasteiger partial charge in [0.15, 0.2) is 0 Å². The molecule has 170 valence electrons. The number of rotatable bonds is 7. The van der Waals surface area contributed by atoms with Crippen LogP contribution >= 0.6 is 0 Å². The van der Waals surface area contributed by atoms with Crippen LogP contribution in [0.5, 0.6) is 11.5 Å². The zero-order chi connectivity index (χ0) is 23.3. The molecule has 0 atom stereocenters. The summed E-state index contributed by atoms with van der Waals surface area (Å²) in [5, 5.41) is 5.92. The van der Waals surface area contributed by atoms with Crippen molar-refractivity contribution in [3.8, 4) is 11.5 Å². The lowest BCUT2D eigenvalue weighted by molar-refractivity contribution is -0.121. The molecule has 0 radical (unpaired) electrons.